The number of hydrogen-bond acceptors (Lipinski definition) is 3. The summed E-state index contributed by atoms with van der Waals surface area (Å²) in [6.07, 6.45) is 1.81. The molecule has 15 heavy (non-hydrogen) atoms. The van der Waals surface area contributed by atoms with Crippen LogP contribution in [-0.2, 0) is 14.3 Å². The number of nitrogens with one attached hydrogen (secondary N) is 1. The van der Waals surface area contributed by atoms with Crippen LogP contribution in [0.4, 0.5) is 0 Å². The second kappa shape index (κ2) is 3.48. The van der Waals surface area contributed by atoms with E-state index in [0.29, 0.717) is 25.9 Å². The molecule has 1 amide bonds. The normalized spacial score (nSPS) is 38.9. The Hall–Kier alpha value is -1.10. The van der Waals surface area contributed by atoms with E-state index in [0.717, 1.165) is 0 Å². The molecule has 84 valence electrons. The summed E-state index contributed by atoms with van der Waals surface area (Å²) < 4.78 is 5.40. The number of aliphatic carboxylic acids is 1. The Balaban J connectivity index is 2.03. The Morgan fingerprint density at radius 3 is 2.87 bits per heavy atom. The van der Waals surface area contributed by atoms with Crippen LogP contribution < -0.4 is 5.32 Å². The highest BCUT2D eigenvalue weighted by molar-refractivity contribution is 5.89. The fourth-order valence-corrected chi connectivity index (χ4v) is 2.69. The molecular weight excluding hydrogens is 198 g/mol. The average molecular weight is 213 g/mol. The van der Waals surface area contributed by atoms with Crippen molar-refractivity contribution in [3.05, 3.63) is 0 Å². The quantitative estimate of drug-likeness (QED) is 0.699. The first-order valence-corrected chi connectivity index (χ1v) is 5.21. The summed E-state index contributed by atoms with van der Waals surface area (Å²) in [4.78, 5) is 22.2. The first-order chi connectivity index (χ1) is 7.07. The van der Waals surface area contributed by atoms with Crippen molar-refractivity contribution in [1.29, 1.82) is 0 Å². The fraction of sp³-hybridized carbons (Fsp3) is 0.800. The molecule has 0 bridgehead atoms. The highest BCUT2D eigenvalue weighted by Crippen LogP contribution is 2.51. The lowest BCUT2D eigenvalue weighted by molar-refractivity contribution is -0.149. The second-order valence-corrected chi connectivity index (χ2v) is 4.36. The number of carboxylic acid groups (broad SMARTS) is 1. The molecule has 1 heterocycles. The molecule has 1 saturated carbocycles. The van der Waals surface area contributed by atoms with Crippen LogP contribution in [0.3, 0.4) is 0 Å². The van der Waals surface area contributed by atoms with Crippen LogP contribution in [0.5, 0.6) is 0 Å². The number of ether oxygens (including phenoxy) is 1. The monoisotopic (exact) mass is 213 g/mol. The van der Waals surface area contributed by atoms with Gasteiger partial charge in [-0.1, -0.05) is 0 Å². The molecule has 0 aromatic rings. The van der Waals surface area contributed by atoms with Gasteiger partial charge in [0.2, 0.25) is 5.91 Å². The molecule has 0 radical (unpaired) electrons. The van der Waals surface area contributed by atoms with Crippen LogP contribution in [0.15, 0.2) is 0 Å². The molecule has 1 unspecified atom stereocenters. The van der Waals surface area contributed by atoms with E-state index < -0.39 is 12.0 Å². The van der Waals surface area contributed by atoms with Crippen LogP contribution in [0.25, 0.3) is 0 Å². The Morgan fingerprint density at radius 2 is 2.33 bits per heavy atom. The van der Waals surface area contributed by atoms with E-state index in [1.165, 1.54) is 0 Å². The minimum absolute atomic E-state index is 0.129. The van der Waals surface area contributed by atoms with Crippen molar-refractivity contribution < 1.29 is 19.4 Å². The summed E-state index contributed by atoms with van der Waals surface area (Å²) in [5.41, 5.74) is -0.386. The molecule has 2 aliphatic rings. The highest BCUT2D eigenvalue weighted by Gasteiger charge is 2.58. The third-order valence-corrected chi connectivity index (χ3v) is 3.35. The second-order valence-electron chi connectivity index (χ2n) is 4.36. The zero-order valence-electron chi connectivity index (χ0n) is 8.66. The van der Waals surface area contributed by atoms with Crippen molar-refractivity contribution in [2.24, 2.45) is 5.41 Å². The number of rotatable bonds is 3. The van der Waals surface area contributed by atoms with Crippen molar-refractivity contribution >= 4 is 11.9 Å². The van der Waals surface area contributed by atoms with Crippen LogP contribution in [0.2, 0.25) is 0 Å². The molecule has 1 aliphatic heterocycles. The van der Waals surface area contributed by atoms with Gasteiger partial charge in [0.15, 0.2) is 0 Å². The van der Waals surface area contributed by atoms with Gasteiger partial charge in [0.25, 0.3) is 0 Å². The Bertz CT molecular complexity index is 296. The topological polar surface area (TPSA) is 75.6 Å². The van der Waals surface area contributed by atoms with E-state index in [4.69, 9.17) is 9.84 Å². The summed E-state index contributed by atoms with van der Waals surface area (Å²) in [7, 11) is 0. The van der Waals surface area contributed by atoms with Gasteiger partial charge in [-0.25, -0.2) is 4.79 Å². The maximum absolute atomic E-state index is 11.2. The van der Waals surface area contributed by atoms with Gasteiger partial charge in [0.05, 0.1) is 6.10 Å². The number of carbonyl (C=O) groups excluding carboxylic acids is 1. The molecule has 1 aliphatic carbocycles. The van der Waals surface area contributed by atoms with E-state index >= 15 is 0 Å². The first-order valence-electron chi connectivity index (χ1n) is 5.21. The zero-order chi connectivity index (χ0) is 11.1. The van der Waals surface area contributed by atoms with E-state index in [2.05, 4.69) is 5.32 Å². The molecule has 2 fully saturated rings. The molecule has 1 spiro atoms. The molecular formula is C10H15NO4. The Labute approximate surface area is 87.8 Å². The molecule has 0 aromatic heterocycles. The maximum atomic E-state index is 11.2. The standard InChI is InChI=1S/C10H15NO4/c1-2-15-6-3-10(4-6)5-7(12)11-8(10)9(13)14/h6,8H,2-5H2,1H3,(H,11,12)(H,13,14). The summed E-state index contributed by atoms with van der Waals surface area (Å²) in [6, 6.07) is -0.721. The molecule has 5 nitrogen and oxygen atoms in total. The maximum Gasteiger partial charge on any atom is 0.326 e. The summed E-state index contributed by atoms with van der Waals surface area (Å²) in [6.45, 7) is 2.55. The SMILES string of the molecule is CCOC1CC2(CC(=O)NC2C(=O)O)C1. The lowest BCUT2D eigenvalue weighted by atomic mass is 9.62. The first kappa shape index (κ1) is 10.4. The predicted molar refractivity (Wildman–Crippen MR) is 51.3 cm³/mol. The summed E-state index contributed by atoms with van der Waals surface area (Å²) >= 11 is 0. The Kier molecular flexibility index (Phi) is 2.42. The summed E-state index contributed by atoms with van der Waals surface area (Å²) in [5, 5.41) is 11.5. The molecule has 2 rings (SSSR count). The van der Waals surface area contributed by atoms with Crippen molar-refractivity contribution in [3.8, 4) is 0 Å². The summed E-state index contributed by atoms with van der Waals surface area (Å²) in [5.74, 6) is -1.09. The smallest absolute Gasteiger partial charge is 0.326 e. The highest BCUT2D eigenvalue weighted by atomic mass is 16.5. The molecule has 1 saturated heterocycles. The molecule has 2 N–H and O–H groups in total. The van der Waals surface area contributed by atoms with E-state index in [9.17, 15) is 9.59 Å². The number of carboxylic acids is 1. The minimum Gasteiger partial charge on any atom is -0.480 e. The number of carbonyl (C=O) groups is 2. The largest absolute Gasteiger partial charge is 0.480 e. The lowest BCUT2D eigenvalue weighted by Gasteiger charge is -2.46. The third-order valence-electron chi connectivity index (χ3n) is 3.35. The van der Waals surface area contributed by atoms with Crippen LogP contribution in [0.1, 0.15) is 26.2 Å². The number of hydrogen-bond donors (Lipinski definition) is 2. The Morgan fingerprint density at radius 1 is 1.67 bits per heavy atom. The fourth-order valence-electron chi connectivity index (χ4n) is 2.69. The van der Waals surface area contributed by atoms with E-state index in [1.54, 1.807) is 0 Å². The van der Waals surface area contributed by atoms with E-state index in [1.807, 2.05) is 6.92 Å². The minimum atomic E-state index is -0.934. The molecule has 0 aromatic carbocycles. The van der Waals surface area contributed by atoms with Gasteiger partial charge in [-0.2, -0.15) is 0 Å². The zero-order valence-corrected chi connectivity index (χ0v) is 8.66. The van der Waals surface area contributed by atoms with Crippen molar-refractivity contribution in [3.63, 3.8) is 0 Å². The predicted octanol–water partition coefficient (Wildman–Crippen LogP) is 0.145. The van der Waals surface area contributed by atoms with Gasteiger partial charge < -0.3 is 15.2 Å². The van der Waals surface area contributed by atoms with Crippen molar-refractivity contribution in [1.82, 2.24) is 5.32 Å². The van der Waals surface area contributed by atoms with Crippen molar-refractivity contribution in [2.45, 2.75) is 38.3 Å². The van der Waals surface area contributed by atoms with Gasteiger partial charge in [-0.15, -0.1) is 0 Å². The van der Waals surface area contributed by atoms with Gasteiger partial charge in [0.1, 0.15) is 6.04 Å². The van der Waals surface area contributed by atoms with Gasteiger partial charge in [0, 0.05) is 18.4 Å². The van der Waals surface area contributed by atoms with Crippen LogP contribution in [0, 0.1) is 5.41 Å². The van der Waals surface area contributed by atoms with Crippen molar-refractivity contribution in [2.75, 3.05) is 6.61 Å². The van der Waals surface area contributed by atoms with Crippen LogP contribution >= 0.6 is 0 Å². The lowest BCUT2D eigenvalue weighted by Crippen LogP contribution is -2.53. The average Bonchev–Trinajstić information content (AvgIpc) is 2.43. The van der Waals surface area contributed by atoms with Gasteiger partial charge >= 0.3 is 5.97 Å². The number of amides is 1. The third kappa shape index (κ3) is 1.61. The van der Waals surface area contributed by atoms with Gasteiger partial charge in [-0.3, -0.25) is 4.79 Å². The molecule has 1 atom stereocenters. The molecule has 5 heteroatoms. The van der Waals surface area contributed by atoms with E-state index in [-0.39, 0.29) is 17.4 Å². The van der Waals surface area contributed by atoms with Gasteiger partial charge in [-0.05, 0) is 19.8 Å². The van der Waals surface area contributed by atoms with Crippen LogP contribution in [-0.4, -0.2) is 35.7 Å².